The van der Waals surface area contributed by atoms with E-state index in [0.29, 0.717) is 19.5 Å². The summed E-state index contributed by atoms with van der Waals surface area (Å²) in [5.74, 6) is 0.756. The van der Waals surface area contributed by atoms with Gasteiger partial charge in [-0.25, -0.2) is 0 Å². The molecule has 3 rings (SSSR count). The molecule has 22 heavy (non-hydrogen) atoms. The summed E-state index contributed by atoms with van der Waals surface area (Å²) in [4.78, 5) is 12.8. The van der Waals surface area contributed by atoms with Crippen LogP contribution in [0.25, 0.3) is 10.9 Å². The minimum atomic E-state index is 0.0304. The first-order valence-corrected chi connectivity index (χ1v) is 7.38. The third-order valence-electron chi connectivity index (χ3n) is 3.95. The van der Waals surface area contributed by atoms with E-state index >= 15 is 0 Å². The second-order valence-electron chi connectivity index (χ2n) is 5.47. The number of nitrogens with zero attached hydrogens (tertiary/aromatic N) is 2. The van der Waals surface area contributed by atoms with Gasteiger partial charge in [-0.05, 0) is 38.1 Å². The minimum absolute atomic E-state index is 0.0304. The fourth-order valence-electron chi connectivity index (χ4n) is 2.83. The van der Waals surface area contributed by atoms with E-state index in [2.05, 4.69) is 10.5 Å². The van der Waals surface area contributed by atoms with E-state index in [1.165, 1.54) is 0 Å². The summed E-state index contributed by atoms with van der Waals surface area (Å²) in [7, 11) is 1.63. The quantitative estimate of drug-likeness (QED) is 0.900. The van der Waals surface area contributed by atoms with Gasteiger partial charge in [0.2, 0.25) is 0 Å². The molecule has 0 aliphatic carbocycles. The SMILES string of the molecule is COc1ccc2c(c1)c1c(c(=O)n2CCCN)CC(C)=NN1. The summed E-state index contributed by atoms with van der Waals surface area (Å²) in [6, 6.07) is 5.72. The molecule has 0 fully saturated rings. The zero-order chi connectivity index (χ0) is 15.7. The van der Waals surface area contributed by atoms with Crippen molar-refractivity contribution in [3.63, 3.8) is 0 Å². The number of pyridine rings is 1. The lowest BCUT2D eigenvalue weighted by Gasteiger charge is -2.21. The van der Waals surface area contributed by atoms with E-state index < -0.39 is 0 Å². The number of hydrogen-bond donors (Lipinski definition) is 2. The monoisotopic (exact) mass is 300 g/mol. The van der Waals surface area contributed by atoms with Crippen LogP contribution in [0.1, 0.15) is 18.9 Å². The molecular weight excluding hydrogens is 280 g/mol. The van der Waals surface area contributed by atoms with Crippen molar-refractivity contribution in [3.8, 4) is 5.75 Å². The van der Waals surface area contributed by atoms with Crippen molar-refractivity contribution in [2.24, 2.45) is 10.8 Å². The van der Waals surface area contributed by atoms with Crippen LogP contribution in [0, 0.1) is 0 Å². The number of fused-ring (bicyclic) bond motifs is 3. The predicted molar refractivity (Wildman–Crippen MR) is 88.9 cm³/mol. The summed E-state index contributed by atoms with van der Waals surface area (Å²) in [6.07, 6.45) is 1.33. The highest BCUT2D eigenvalue weighted by atomic mass is 16.5. The maximum Gasteiger partial charge on any atom is 0.256 e. The first-order chi connectivity index (χ1) is 10.7. The molecular formula is C16H20N4O2. The lowest BCUT2D eigenvalue weighted by molar-refractivity contribution is 0.415. The highest BCUT2D eigenvalue weighted by molar-refractivity contribution is 5.99. The Kier molecular flexibility index (Phi) is 3.85. The van der Waals surface area contributed by atoms with E-state index in [4.69, 9.17) is 10.5 Å². The number of ether oxygens (including phenoxy) is 1. The Morgan fingerprint density at radius 1 is 1.45 bits per heavy atom. The van der Waals surface area contributed by atoms with E-state index in [0.717, 1.165) is 40.0 Å². The molecule has 0 amide bonds. The molecule has 0 saturated heterocycles. The average Bonchev–Trinajstić information content (AvgIpc) is 2.54. The van der Waals surface area contributed by atoms with Crippen LogP contribution >= 0.6 is 0 Å². The Bertz CT molecular complexity index is 808. The predicted octanol–water partition coefficient (Wildman–Crippen LogP) is 1.70. The highest BCUT2D eigenvalue weighted by Crippen LogP contribution is 2.31. The largest absolute Gasteiger partial charge is 0.497 e. The van der Waals surface area contributed by atoms with Crippen molar-refractivity contribution in [2.45, 2.75) is 26.3 Å². The standard InChI is InChI=1S/C16H20N4O2/c1-10-8-13-15(19-18-10)12-9-11(22-2)4-5-14(12)20(16(13)21)7-3-6-17/h4-5,9,19H,3,6-8,17H2,1-2H3. The molecule has 6 nitrogen and oxygen atoms in total. The number of aryl methyl sites for hydroxylation is 1. The average molecular weight is 300 g/mol. The van der Waals surface area contributed by atoms with E-state index in [-0.39, 0.29) is 5.56 Å². The van der Waals surface area contributed by atoms with Crippen LogP contribution in [0.15, 0.2) is 28.1 Å². The number of nitrogens with two attached hydrogens (primary N) is 1. The first kappa shape index (κ1) is 14.6. The fourth-order valence-corrected chi connectivity index (χ4v) is 2.83. The van der Waals surface area contributed by atoms with Gasteiger partial charge in [-0.2, -0.15) is 5.10 Å². The molecule has 3 N–H and O–H groups in total. The van der Waals surface area contributed by atoms with Gasteiger partial charge in [0.15, 0.2) is 0 Å². The molecule has 0 bridgehead atoms. The van der Waals surface area contributed by atoms with Crippen molar-refractivity contribution in [1.29, 1.82) is 0 Å². The summed E-state index contributed by atoms with van der Waals surface area (Å²) >= 11 is 0. The summed E-state index contributed by atoms with van der Waals surface area (Å²) in [6.45, 7) is 3.08. The number of hydrogen-bond acceptors (Lipinski definition) is 5. The number of nitrogens with one attached hydrogen (secondary N) is 1. The molecule has 1 aliphatic heterocycles. The zero-order valence-electron chi connectivity index (χ0n) is 12.8. The first-order valence-electron chi connectivity index (χ1n) is 7.38. The van der Waals surface area contributed by atoms with E-state index in [1.54, 1.807) is 11.7 Å². The molecule has 0 unspecified atom stereocenters. The molecule has 6 heteroatoms. The third kappa shape index (κ3) is 2.35. The Morgan fingerprint density at radius 2 is 2.27 bits per heavy atom. The van der Waals surface area contributed by atoms with Gasteiger partial charge in [0.25, 0.3) is 5.56 Å². The van der Waals surface area contributed by atoms with Crippen molar-refractivity contribution in [2.75, 3.05) is 19.1 Å². The molecule has 2 aromatic rings. The van der Waals surface area contributed by atoms with Crippen molar-refractivity contribution >= 4 is 22.3 Å². The smallest absolute Gasteiger partial charge is 0.256 e. The Morgan fingerprint density at radius 3 is 3.00 bits per heavy atom. The van der Waals surface area contributed by atoms with E-state index in [9.17, 15) is 4.79 Å². The normalized spacial score (nSPS) is 13.5. The van der Waals surface area contributed by atoms with Crippen molar-refractivity contribution in [1.82, 2.24) is 4.57 Å². The van der Waals surface area contributed by atoms with Gasteiger partial charge in [0.1, 0.15) is 5.75 Å². The molecule has 116 valence electrons. The van der Waals surface area contributed by atoms with Crippen LogP contribution in [0.3, 0.4) is 0 Å². The number of methoxy groups -OCH3 is 1. The molecule has 0 radical (unpaired) electrons. The maximum absolute atomic E-state index is 12.8. The topological polar surface area (TPSA) is 81.6 Å². The second kappa shape index (κ2) is 5.81. The Labute approximate surface area is 128 Å². The van der Waals surface area contributed by atoms with Gasteiger partial charge in [-0.3, -0.25) is 10.2 Å². The van der Waals surface area contributed by atoms with Gasteiger partial charge in [-0.15, -0.1) is 0 Å². The second-order valence-corrected chi connectivity index (χ2v) is 5.47. The molecule has 2 heterocycles. The molecule has 0 saturated carbocycles. The molecule has 1 aliphatic rings. The zero-order valence-corrected chi connectivity index (χ0v) is 12.8. The number of benzene rings is 1. The molecule has 0 atom stereocenters. The van der Waals surface area contributed by atoms with Crippen LogP contribution in [0.2, 0.25) is 0 Å². The van der Waals surface area contributed by atoms with Crippen molar-refractivity contribution < 1.29 is 4.74 Å². The van der Waals surface area contributed by atoms with Crippen LogP contribution in [-0.2, 0) is 13.0 Å². The molecule has 1 aromatic heterocycles. The fraction of sp³-hybridized carbons (Fsp3) is 0.375. The third-order valence-corrected chi connectivity index (χ3v) is 3.95. The lowest BCUT2D eigenvalue weighted by Crippen LogP contribution is -2.29. The van der Waals surface area contributed by atoms with Crippen molar-refractivity contribution in [3.05, 3.63) is 34.1 Å². The molecule has 0 spiro atoms. The van der Waals surface area contributed by atoms with Gasteiger partial charge < -0.3 is 15.0 Å². The van der Waals surface area contributed by atoms with Crippen LogP contribution in [-0.4, -0.2) is 23.9 Å². The number of anilines is 1. The molecule has 1 aromatic carbocycles. The Hall–Kier alpha value is -2.34. The van der Waals surface area contributed by atoms with Gasteiger partial charge in [0, 0.05) is 29.6 Å². The van der Waals surface area contributed by atoms with Crippen LogP contribution in [0.5, 0.6) is 5.75 Å². The van der Waals surface area contributed by atoms with Gasteiger partial charge in [-0.1, -0.05) is 0 Å². The summed E-state index contributed by atoms with van der Waals surface area (Å²) in [5.41, 5.74) is 12.0. The van der Waals surface area contributed by atoms with Crippen LogP contribution < -0.4 is 21.5 Å². The van der Waals surface area contributed by atoms with Gasteiger partial charge in [0.05, 0.1) is 18.3 Å². The lowest BCUT2D eigenvalue weighted by atomic mass is 10.0. The Balaban J connectivity index is 2.30. The number of hydrazone groups is 1. The summed E-state index contributed by atoms with van der Waals surface area (Å²) in [5, 5.41) is 5.21. The van der Waals surface area contributed by atoms with Crippen LogP contribution in [0.4, 0.5) is 5.69 Å². The van der Waals surface area contributed by atoms with E-state index in [1.807, 2.05) is 25.1 Å². The van der Waals surface area contributed by atoms with Gasteiger partial charge >= 0.3 is 0 Å². The minimum Gasteiger partial charge on any atom is -0.497 e. The highest BCUT2D eigenvalue weighted by Gasteiger charge is 2.20. The maximum atomic E-state index is 12.8. The summed E-state index contributed by atoms with van der Waals surface area (Å²) < 4.78 is 7.12. The number of rotatable bonds is 4. The number of aromatic nitrogens is 1.